The maximum absolute atomic E-state index is 5.97. The molecular weight excluding hydrogens is 372 g/mol. The molecule has 0 aliphatic rings. The third kappa shape index (κ3) is 4.21. The van der Waals surface area contributed by atoms with E-state index >= 15 is 0 Å². The maximum Gasteiger partial charge on any atom is 0.163 e. The number of ether oxygens (including phenoxy) is 1. The molecule has 0 amide bonds. The van der Waals surface area contributed by atoms with E-state index in [1.165, 1.54) is 0 Å². The number of nitrogens with zero attached hydrogens (tertiary/aromatic N) is 4. The van der Waals surface area contributed by atoms with E-state index in [0.717, 1.165) is 45.8 Å². The lowest BCUT2D eigenvalue weighted by Crippen LogP contribution is -2.24. The molecule has 5 heteroatoms. The summed E-state index contributed by atoms with van der Waals surface area (Å²) in [6, 6.07) is 20.5. The first-order valence-corrected chi connectivity index (χ1v) is 10.3. The zero-order valence-electron chi connectivity index (χ0n) is 18.0. The van der Waals surface area contributed by atoms with Crippen molar-refractivity contribution in [1.82, 2.24) is 19.7 Å². The minimum atomic E-state index is 0.472. The van der Waals surface area contributed by atoms with Crippen LogP contribution in [-0.2, 0) is 0 Å². The summed E-state index contributed by atoms with van der Waals surface area (Å²) in [4.78, 5) is 6.79. The number of para-hydroxylation sites is 1. The van der Waals surface area contributed by atoms with Gasteiger partial charge >= 0.3 is 0 Å². The first-order valence-electron chi connectivity index (χ1n) is 10.3. The lowest BCUT2D eigenvalue weighted by Gasteiger charge is -2.17. The molecule has 30 heavy (non-hydrogen) atoms. The molecule has 4 aromatic rings. The van der Waals surface area contributed by atoms with Crippen LogP contribution < -0.4 is 4.74 Å². The molecule has 2 heterocycles. The molecule has 0 fully saturated rings. The van der Waals surface area contributed by atoms with Crippen LogP contribution in [0.2, 0.25) is 0 Å². The topological polar surface area (TPSA) is 43.2 Å². The molecule has 0 saturated carbocycles. The van der Waals surface area contributed by atoms with Gasteiger partial charge in [-0.3, -0.25) is 0 Å². The molecule has 0 N–H and O–H groups in total. The zero-order chi connectivity index (χ0) is 21.1. The summed E-state index contributed by atoms with van der Waals surface area (Å²) in [7, 11) is 4.17. The second kappa shape index (κ2) is 8.67. The third-order valence-corrected chi connectivity index (χ3v) is 5.13. The van der Waals surface area contributed by atoms with Crippen LogP contribution in [0, 0.1) is 12.8 Å². The van der Waals surface area contributed by atoms with Crippen LogP contribution in [0.5, 0.6) is 5.75 Å². The first-order chi connectivity index (χ1) is 14.5. The molecule has 4 rings (SSSR count). The van der Waals surface area contributed by atoms with Gasteiger partial charge in [-0.1, -0.05) is 25.1 Å². The van der Waals surface area contributed by atoms with E-state index < -0.39 is 0 Å². The Hall–Kier alpha value is -3.18. The Kier molecular flexibility index (Phi) is 5.81. The van der Waals surface area contributed by atoms with E-state index in [9.17, 15) is 0 Å². The number of aryl methyl sites for hydroxylation is 1. The second-order valence-corrected chi connectivity index (χ2v) is 8.12. The highest BCUT2D eigenvalue weighted by molar-refractivity contribution is 5.92. The fraction of sp³-hybridized carbons (Fsp3) is 0.280. The summed E-state index contributed by atoms with van der Waals surface area (Å²) in [5, 5.41) is 5.97. The molecule has 1 atom stereocenters. The van der Waals surface area contributed by atoms with Crippen LogP contribution in [0.3, 0.4) is 0 Å². The Balaban J connectivity index is 1.63. The monoisotopic (exact) mass is 400 g/mol. The molecule has 0 aliphatic carbocycles. The Morgan fingerprint density at radius 1 is 1.00 bits per heavy atom. The average molecular weight is 401 g/mol. The summed E-state index contributed by atoms with van der Waals surface area (Å²) in [6.07, 6.45) is 1.81. The Bertz CT molecular complexity index is 1130. The summed E-state index contributed by atoms with van der Waals surface area (Å²) in [5.74, 6) is 1.35. The predicted molar refractivity (Wildman–Crippen MR) is 122 cm³/mol. The van der Waals surface area contributed by atoms with Crippen molar-refractivity contribution in [2.45, 2.75) is 13.8 Å². The molecule has 1 unspecified atom stereocenters. The van der Waals surface area contributed by atoms with E-state index in [0.29, 0.717) is 12.5 Å². The summed E-state index contributed by atoms with van der Waals surface area (Å²) in [5.41, 5.74) is 5.04. The van der Waals surface area contributed by atoms with Crippen molar-refractivity contribution in [3.63, 3.8) is 0 Å². The minimum Gasteiger partial charge on any atom is -0.493 e. The number of pyridine rings is 1. The van der Waals surface area contributed by atoms with Crippen molar-refractivity contribution in [2.75, 3.05) is 27.2 Å². The van der Waals surface area contributed by atoms with Gasteiger partial charge in [0, 0.05) is 29.6 Å². The van der Waals surface area contributed by atoms with Gasteiger partial charge in [0.05, 0.1) is 12.3 Å². The second-order valence-electron chi connectivity index (χ2n) is 8.12. The van der Waals surface area contributed by atoms with Gasteiger partial charge in [-0.25, -0.2) is 9.67 Å². The van der Waals surface area contributed by atoms with Crippen LogP contribution in [0.1, 0.15) is 12.5 Å². The average Bonchev–Trinajstić information content (AvgIpc) is 3.12. The van der Waals surface area contributed by atoms with E-state index in [1.54, 1.807) is 0 Å². The molecule has 0 aliphatic heterocycles. The number of hydrogen-bond acceptors (Lipinski definition) is 4. The molecule has 0 radical (unpaired) electrons. The van der Waals surface area contributed by atoms with Gasteiger partial charge in [0.1, 0.15) is 11.4 Å². The standard InChI is InChI=1S/C25H28N4O/c1-18(16-28(3)4)17-30-21-13-11-20(12-14-21)24-22-9-7-15-26-25(22)29(27-24)23-10-6-5-8-19(23)2/h5-15,18H,16-17H2,1-4H3. The summed E-state index contributed by atoms with van der Waals surface area (Å²) in [6.45, 7) is 6.00. The fourth-order valence-corrected chi connectivity index (χ4v) is 3.76. The van der Waals surface area contributed by atoms with Crippen molar-refractivity contribution < 1.29 is 4.74 Å². The summed E-state index contributed by atoms with van der Waals surface area (Å²) >= 11 is 0. The number of aromatic nitrogens is 3. The third-order valence-electron chi connectivity index (χ3n) is 5.13. The van der Waals surface area contributed by atoms with Gasteiger partial charge in [0.15, 0.2) is 5.65 Å². The molecule has 0 saturated heterocycles. The van der Waals surface area contributed by atoms with Crippen LogP contribution in [-0.4, -0.2) is 46.9 Å². The van der Waals surface area contributed by atoms with Crippen molar-refractivity contribution >= 4 is 11.0 Å². The lowest BCUT2D eigenvalue weighted by atomic mass is 10.1. The lowest BCUT2D eigenvalue weighted by molar-refractivity contribution is 0.222. The van der Waals surface area contributed by atoms with Gasteiger partial charge < -0.3 is 9.64 Å². The van der Waals surface area contributed by atoms with Gasteiger partial charge in [-0.15, -0.1) is 0 Å². The van der Waals surface area contributed by atoms with Crippen LogP contribution >= 0.6 is 0 Å². The molecule has 0 bridgehead atoms. The SMILES string of the molecule is Cc1ccccc1-n1nc(-c2ccc(OCC(C)CN(C)C)cc2)c2cccnc21. The van der Waals surface area contributed by atoms with E-state index in [4.69, 9.17) is 9.84 Å². The maximum atomic E-state index is 5.97. The van der Waals surface area contributed by atoms with Gasteiger partial charge in [0.25, 0.3) is 0 Å². The number of fused-ring (bicyclic) bond motifs is 1. The molecule has 154 valence electrons. The Morgan fingerprint density at radius 2 is 1.77 bits per heavy atom. The van der Waals surface area contributed by atoms with E-state index in [1.807, 2.05) is 41.2 Å². The fourth-order valence-electron chi connectivity index (χ4n) is 3.76. The molecule has 0 spiro atoms. The normalized spacial score (nSPS) is 12.4. The van der Waals surface area contributed by atoms with Crippen LogP contribution in [0.4, 0.5) is 0 Å². The highest BCUT2D eigenvalue weighted by atomic mass is 16.5. The Labute approximate surface area is 177 Å². The first kappa shape index (κ1) is 20.1. The van der Waals surface area contributed by atoms with E-state index in [-0.39, 0.29) is 0 Å². The van der Waals surface area contributed by atoms with Crippen molar-refractivity contribution in [1.29, 1.82) is 0 Å². The smallest absolute Gasteiger partial charge is 0.163 e. The molecular formula is C25H28N4O. The highest BCUT2D eigenvalue weighted by Gasteiger charge is 2.15. The number of hydrogen-bond donors (Lipinski definition) is 0. The predicted octanol–water partition coefficient (Wildman–Crippen LogP) is 4.97. The van der Waals surface area contributed by atoms with Gasteiger partial charge in [-0.05, 0) is 69.0 Å². The van der Waals surface area contributed by atoms with Crippen molar-refractivity contribution in [2.24, 2.45) is 5.92 Å². The van der Waals surface area contributed by atoms with Crippen LogP contribution in [0.15, 0.2) is 66.9 Å². The van der Waals surface area contributed by atoms with Gasteiger partial charge in [-0.2, -0.15) is 5.10 Å². The van der Waals surface area contributed by atoms with E-state index in [2.05, 4.69) is 68.2 Å². The quantitative estimate of drug-likeness (QED) is 0.439. The number of rotatable bonds is 7. The zero-order valence-corrected chi connectivity index (χ0v) is 18.0. The van der Waals surface area contributed by atoms with Gasteiger partial charge in [0.2, 0.25) is 0 Å². The Morgan fingerprint density at radius 3 is 2.50 bits per heavy atom. The minimum absolute atomic E-state index is 0.472. The van der Waals surface area contributed by atoms with Crippen molar-refractivity contribution in [3.05, 3.63) is 72.4 Å². The molecule has 2 aromatic carbocycles. The largest absolute Gasteiger partial charge is 0.493 e. The molecule has 5 nitrogen and oxygen atoms in total. The summed E-state index contributed by atoms with van der Waals surface area (Å²) < 4.78 is 7.91. The van der Waals surface area contributed by atoms with Crippen molar-refractivity contribution in [3.8, 4) is 22.7 Å². The number of benzene rings is 2. The van der Waals surface area contributed by atoms with Crippen LogP contribution in [0.25, 0.3) is 28.0 Å². The molecule has 2 aromatic heterocycles. The highest BCUT2D eigenvalue weighted by Crippen LogP contribution is 2.30.